The van der Waals surface area contributed by atoms with Gasteiger partial charge in [-0.15, -0.1) is 0 Å². The van der Waals surface area contributed by atoms with E-state index in [1.165, 1.54) is 64.2 Å². The Morgan fingerprint density at radius 2 is 1.04 bits per heavy atom. The van der Waals surface area contributed by atoms with Crippen LogP contribution in [0.4, 0.5) is 0 Å². The summed E-state index contributed by atoms with van der Waals surface area (Å²) in [5.41, 5.74) is 0. The zero-order chi connectivity index (χ0) is 16.7. The van der Waals surface area contributed by atoms with E-state index in [1.807, 2.05) is 14.2 Å². The lowest BCUT2D eigenvalue weighted by Crippen LogP contribution is -2.73. The summed E-state index contributed by atoms with van der Waals surface area (Å²) < 4.78 is 17.8. The van der Waals surface area contributed by atoms with Gasteiger partial charge >= 0.3 is 8.88 Å². The van der Waals surface area contributed by atoms with Gasteiger partial charge in [0.15, 0.2) is 0 Å². The molecule has 0 aliphatic heterocycles. The summed E-state index contributed by atoms with van der Waals surface area (Å²) in [5, 5.41) is 0. The van der Waals surface area contributed by atoms with E-state index in [-0.39, 0.29) is 0 Å². The molecular weight excluding hydrogens is 304 g/mol. The average Bonchev–Trinajstić information content (AvgIpc) is 2.63. The van der Waals surface area contributed by atoms with E-state index in [0.717, 1.165) is 13.1 Å². The molecule has 0 atom stereocenters. The molecular formula is C18H38N2O2Si. The Balaban J connectivity index is 2.25. The van der Waals surface area contributed by atoms with Gasteiger partial charge < -0.3 is 8.85 Å². The van der Waals surface area contributed by atoms with Gasteiger partial charge in [0.2, 0.25) is 0 Å². The van der Waals surface area contributed by atoms with Crippen molar-refractivity contribution in [3.05, 3.63) is 0 Å². The second-order valence-electron chi connectivity index (χ2n) is 7.11. The van der Waals surface area contributed by atoms with Gasteiger partial charge in [-0.2, -0.15) is 0 Å². The highest BCUT2D eigenvalue weighted by Gasteiger charge is 2.54. The van der Waals surface area contributed by atoms with Crippen molar-refractivity contribution in [1.82, 2.24) is 9.13 Å². The molecule has 136 valence electrons. The second kappa shape index (κ2) is 9.52. The summed E-state index contributed by atoms with van der Waals surface area (Å²) >= 11 is 0. The minimum absolute atomic E-state index is 0.637. The summed E-state index contributed by atoms with van der Waals surface area (Å²) in [5.74, 6) is 0. The predicted molar refractivity (Wildman–Crippen MR) is 98.3 cm³/mol. The van der Waals surface area contributed by atoms with E-state index in [4.69, 9.17) is 8.85 Å². The highest BCUT2D eigenvalue weighted by molar-refractivity contribution is 6.61. The summed E-state index contributed by atoms with van der Waals surface area (Å²) in [7, 11) is 1.25. The van der Waals surface area contributed by atoms with Gasteiger partial charge in [-0.3, -0.25) is 9.13 Å². The molecule has 0 amide bonds. The van der Waals surface area contributed by atoms with E-state index in [9.17, 15) is 0 Å². The largest absolute Gasteiger partial charge is 0.522 e. The maximum absolute atomic E-state index is 6.27. The Kier molecular flexibility index (Phi) is 8.02. The normalized spacial score (nSPS) is 22.2. The number of rotatable bonds is 8. The maximum Gasteiger partial charge on any atom is 0.522 e. The Bertz CT molecular complexity index is 299. The van der Waals surface area contributed by atoms with Crippen LogP contribution in [0.5, 0.6) is 0 Å². The fourth-order valence-corrected chi connectivity index (χ4v) is 8.55. The molecule has 0 aromatic heterocycles. The topological polar surface area (TPSA) is 24.9 Å². The van der Waals surface area contributed by atoms with Crippen LogP contribution in [0.25, 0.3) is 0 Å². The van der Waals surface area contributed by atoms with Crippen LogP contribution in [-0.2, 0) is 8.85 Å². The smallest absolute Gasteiger partial charge is 0.374 e. The second-order valence-corrected chi connectivity index (χ2v) is 10.2. The number of hydrogen-bond donors (Lipinski definition) is 0. The molecule has 2 rings (SSSR count). The summed E-state index contributed by atoms with van der Waals surface area (Å²) in [4.78, 5) is 0. The van der Waals surface area contributed by atoms with Crippen LogP contribution in [0.15, 0.2) is 0 Å². The molecule has 2 fully saturated rings. The first-order chi connectivity index (χ1) is 11.2. The first-order valence-corrected chi connectivity index (χ1v) is 11.6. The Labute approximate surface area is 144 Å². The molecule has 0 saturated heterocycles. The standard InChI is InChI=1S/C18H38N2O2Si/c1-5-19(17-13-9-7-10-14-17)23(21-3,22-4)20(6-2)18-15-11-8-12-16-18/h17-18H,5-16H2,1-4H3. The first kappa shape index (κ1) is 19.4. The predicted octanol–water partition coefficient (Wildman–Crippen LogP) is 4.02. The molecule has 0 N–H and O–H groups in total. The number of hydrogen-bond acceptors (Lipinski definition) is 4. The Hall–Kier alpha value is 0.0569. The van der Waals surface area contributed by atoms with Crippen LogP contribution in [0, 0.1) is 0 Å². The van der Waals surface area contributed by atoms with E-state index in [0.29, 0.717) is 12.1 Å². The molecule has 0 aromatic rings. The van der Waals surface area contributed by atoms with Crippen molar-refractivity contribution >= 4 is 8.88 Å². The summed E-state index contributed by atoms with van der Waals surface area (Å²) in [6.07, 6.45) is 13.4. The molecule has 0 heterocycles. The van der Waals surface area contributed by atoms with Gasteiger partial charge in [-0.25, -0.2) is 0 Å². The minimum atomic E-state index is -2.51. The fraction of sp³-hybridized carbons (Fsp3) is 1.00. The SMILES string of the molecule is CCN(C1CCCCC1)[Si](OC)(OC)N(CC)C1CCCCC1. The van der Waals surface area contributed by atoms with Crippen LogP contribution >= 0.6 is 0 Å². The van der Waals surface area contributed by atoms with Crippen molar-refractivity contribution in [3.8, 4) is 0 Å². The van der Waals surface area contributed by atoms with E-state index in [2.05, 4.69) is 23.0 Å². The molecule has 23 heavy (non-hydrogen) atoms. The molecule has 0 radical (unpaired) electrons. The van der Waals surface area contributed by atoms with Crippen LogP contribution in [-0.4, -0.2) is 57.4 Å². The quantitative estimate of drug-likeness (QED) is 0.622. The molecule has 0 aromatic carbocycles. The van der Waals surface area contributed by atoms with Gasteiger partial charge in [0.05, 0.1) is 0 Å². The lowest BCUT2D eigenvalue weighted by Gasteiger charge is -2.50. The van der Waals surface area contributed by atoms with E-state index < -0.39 is 8.88 Å². The van der Waals surface area contributed by atoms with Gasteiger partial charge in [-0.1, -0.05) is 52.4 Å². The van der Waals surface area contributed by atoms with Gasteiger partial charge in [-0.05, 0) is 38.8 Å². The van der Waals surface area contributed by atoms with Crippen molar-refractivity contribution in [3.63, 3.8) is 0 Å². The first-order valence-electron chi connectivity index (χ1n) is 9.87. The van der Waals surface area contributed by atoms with Gasteiger partial charge in [0.1, 0.15) is 0 Å². The Morgan fingerprint density at radius 1 is 0.696 bits per heavy atom. The number of nitrogens with zero attached hydrogens (tertiary/aromatic N) is 2. The monoisotopic (exact) mass is 342 g/mol. The van der Waals surface area contributed by atoms with Crippen molar-refractivity contribution in [2.24, 2.45) is 0 Å². The summed E-state index contributed by atoms with van der Waals surface area (Å²) in [6, 6.07) is 1.27. The fourth-order valence-electron chi connectivity index (χ4n) is 4.88. The summed E-state index contributed by atoms with van der Waals surface area (Å²) in [6.45, 7) is 6.62. The highest BCUT2D eigenvalue weighted by Crippen LogP contribution is 2.33. The maximum atomic E-state index is 6.27. The molecule has 0 unspecified atom stereocenters. The van der Waals surface area contributed by atoms with Crippen molar-refractivity contribution < 1.29 is 8.85 Å². The van der Waals surface area contributed by atoms with Crippen molar-refractivity contribution in [1.29, 1.82) is 0 Å². The molecule has 5 heteroatoms. The molecule has 0 bridgehead atoms. The molecule has 4 nitrogen and oxygen atoms in total. The molecule has 2 aliphatic rings. The van der Waals surface area contributed by atoms with Gasteiger partial charge in [0, 0.05) is 26.3 Å². The molecule has 2 aliphatic carbocycles. The van der Waals surface area contributed by atoms with Crippen LogP contribution in [0.1, 0.15) is 78.1 Å². The Morgan fingerprint density at radius 3 is 1.30 bits per heavy atom. The van der Waals surface area contributed by atoms with E-state index >= 15 is 0 Å². The van der Waals surface area contributed by atoms with Crippen molar-refractivity contribution in [2.45, 2.75) is 90.1 Å². The third kappa shape index (κ3) is 4.18. The van der Waals surface area contributed by atoms with Crippen LogP contribution in [0.2, 0.25) is 0 Å². The third-order valence-electron chi connectivity index (χ3n) is 5.97. The minimum Gasteiger partial charge on any atom is -0.374 e. The molecule has 2 saturated carbocycles. The van der Waals surface area contributed by atoms with Gasteiger partial charge in [0.25, 0.3) is 0 Å². The van der Waals surface area contributed by atoms with Crippen LogP contribution < -0.4 is 0 Å². The van der Waals surface area contributed by atoms with Crippen LogP contribution in [0.3, 0.4) is 0 Å². The molecule has 0 spiro atoms. The lowest BCUT2D eigenvalue weighted by molar-refractivity contribution is 0.0473. The zero-order valence-electron chi connectivity index (χ0n) is 15.9. The lowest BCUT2D eigenvalue weighted by atomic mass is 9.95. The average molecular weight is 343 g/mol. The third-order valence-corrected chi connectivity index (χ3v) is 9.85. The van der Waals surface area contributed by atoms with E-state index in [1.54, 1.807) is 0 Å². The highest BCUT2D eigenvalue weighted by atomic mass is 28.4. The zero-order valence-corrected chi connectivity index (χ0v) is 16.9. The van der Waals surface area contributed by atoms with Crippen molar-refractivity contribution in [2.75, 3.05) is 27.3 Å².